The zero-order valence-corrected chi connectivity index (χ0v) is 9.29. The number of aliphatic hydroxyl groups is 1. The van der Waals surface area contributed by atoms with E-state index in [4.69, 9.17) is 10.8 Å². The van der Waals surface area contributed by atoms with Gasteiger partial charge in [0, 0.05) is 19.7 Å². The number of rotatable bonds is 6. The van der Waals surface area contributed by atoms with E-state index in [0.29, 0.717) is 13.1 Å². The van der Waals surface area contributed by atoms with Gasteiger partial charge in [-0.25, -0.2) is 0 Å². The Morgan fingerprint density at radius 3 is 2.36 bits per heavy atom. The SMILES string of the molecule is CC(CO)CNC(=O)C(CN)C(C)C. The van der Waals surface area contributed by atoms with Gasteiger partial charge in [0.2, 0.25) is 5.91 Å². The first kappa shape index (κ1) is 13.4. The predicted molar refractivity (Wildman–Crippen MR) is 56.6 cm³/mol. The highest BCUT2D eigenvalue weighted by atomic mass is 16.3. The topological polar surface area (TPSA) is 75.3 Å². The lowest BCUT2D eigenvalue weighted by molar-refractivity contribution is -0.126. The summed E-state index contributed by atoms with van der Waals surface area (Å²) in [5.74, 6) is 0.220. The smallest absolute Gasteiger partial charge is 0.224 e. The van der Waals surface area contributed by atoms with Crippen LogP contribution < -0.4 is 11.1 Å². The number of carbonyl (C=O) groups excluding carboxylic acids is 1. The quantitative estimate of drug-likeness (QED) is 0.566. The van der Waals surface area contributed by atoms with Gasteiger partial charge >= 0.3 is 0 Å². The molecule has 1 amide bonds. The van der Waals surface area contributed by atoms with Crippen molar-refractivity contribution >= 4 is 5.91 Å². The third kappa shape index (κ3) is 4.58. The van der Waals surface area contributed by atoms with Gasteiger partial charge in [-0.1, -0.05) is 20.8 Å². The molecule has 4 nitrogen and oxygen atoms in total. The van der Waals surface area contributed by atoms with Crippen molar-refractivity contribution in [1.29, 1.82) is 0 Å². The van der Waals surface area contributed by atoms with Crippen LogP contribution in [0.25, 0.3) is 0 Å². The van der Waals surface area contributed by atoms with E-state index in [2.05, 4.69) is 5.32 Å². The van der Waals surface area contributed by atoms with Gasteiger partial charge in [0.1, 0.15) is 0 Å². The third-order valence-electron chi connectivity index (χ3n) is 2.33. The summed E-state index contributed by atoms with van der Waals surface area (Å²) < 4.78 is 0. The van der Waals surface area contributed by atoms with Crippen molar-refractivity contribution in [1.82, 2.24) is 5.32 Å². The van der Waals surface area contributed by atoms with Crippen molar-refractivity contribution in [2.75, 3.05) is 19.7 Å². The average molecular weight is 202 g/mol. The first-order valence-electron chi connectivity index (χ1n) is 5.11. The van der Waals surface area contributed by atoms with Crippen molar-refractivity contribution in [2.45, 2.75) is 20.8 Å². The normalized spacial score (nSPS) is 15.3. The Labute approximate surface area is 85.9 Å². The van der Waals surface area contributed by atoms with E-state index in [-0.39, 0.29) is 30.3 Å². The molecule has 0 aromatic heterocycles. The van der Waals surface area contributed by atoms with E-state index in [0.717, 1.165) is 0 Å². The molecule has 0 aliphatic carbocycles. The third-order valence-corrected chi connectivity index (χ3v) is 2.33. The molecule has 0 bridgehead atoms. The Hall–Kier alpha value is -0.610. The van der Waals surface area contributed by atoms with Gasteiger partial charge in [0.15, 0.2) is 0 Å². The number of nitrogens with one attached hydrogen (secondary N) is 1. The molecule has 4 N–H and O–H groups in total. The molecule has 0 saturated carbocycles. The van der Waals surface area contributed by atoms with Crippen molar-refractivity contribution in [3.05, 3.63) is 0 Å². The van der Waals surface area contributed by atoms with E-state index in [1.165, 1.54) is 0 Å². The summed E-state index contributed by atoms with van der Waals surface area (Å²) in [6, 6.07) is 0. The molecule has 2 atom stereocenters. The Bertz CT molecular complexity index is 172. The van der Waals surface area contributed by atoms with E-state index < -0.39 is 0 Å². The maximum Gasteiger partial charge on any atom is 0.224 e. The molecule has 0 aromatic rings. The lowest BCUT2D eigenvalue weighted by Crippen LogP contribution is -2.40. The molecule has 0 heterocycles. The zero-order chi connectivity index (χ0) is 11.1. The minimum atomic E-state index is -0.124. The number of hydrogen-bond acceptors (Lipinski definition) is 3. The molecule has 0 saturated heterocycles. The van der Waals surface area contributed by atoms with Gasteiger partial charge in [-0.15, -0.1) is 0 Å². The molecule has 4 heteroatoms. The van der Waals surface area contributed by atoms with Crippen LogP contribution in [-0.2, 0) is 4.79 Å². The first-order valence-corrected chi connectivity index (χ1v) is 5.11. The molecule has 0 aromatic carbocycles. The number of nitrogens with two attached hydrogens (primary N) is 1. The Kier molecular flexibility index (Phi) is 6.49. The van der Waals surface area contributed by atoms with E-state index in [1.54, 1.807) is 0 Å². The first-order chi connectivity index (χ1) is 6.52. The van der Waals surface area contributed by atoms with Crippen LogP contribution in [0.5, 0.6) is 0 Å². The van der Waals surface area contributed by atoms with Crippen molar-refractivity contribution in [2.24, 2.45) is 23.5 Å². The fraction of sp³-hybridized carbons (Fsp3) is 0.900. The summed E-state index contributed by atoms with van der Waals surface area (Å²) in [7, 11) is 0. The number of aliphatic hydroxyl groups excluding tert-OH is 1. The fourth-order valence-corrected chi connectivity index (χ4v) is 1.15. The van der Waals surface area contributed by atoms with Gasteiger partial charge < -0.3 is 16.2 Å². The van der Waals surface area contributed by atoms with Crippen LogP contribution in [0.15, 0.2) is 0 Å². The van der Waals surface area contributed by atoms with Crippen LogP contribution in [0.4, 0.5) is 0 Å². The highest BCUT2D eigenvalue weighted by molar-refractivity contribution is 5.79. The molecule has 84 valence electrons. The highest BCUT2D eigenvalue weighted by Gasteiger charge is 2.20. The second kappa shape index (κ2) is 6.79. The maximum absolute atomic E-state index is 11.6. The van der Waals surface area contributed by atoms with Crippen LogP contribution in [-0.4, -0.2) is 30.7 Å². The minimum Gasteiger partial charge on any atom is -0.396 e. The van der Waals surface area contributed by atoms with Crippen molar-refractivity contribution < 1.29 is 9.90 Å². The van der Waals surface area contributed by atoms with Gasteiger partial charge in [-0.3, -0.25) is 4.79 Å². The summed E-state index contributed by atoms with van der Waals surface area (Å²) in [6.45, 7) is 6.82. The molecular weight excluding hydrogens is 180 g/mol. The van der Waals surface area contributed by atoms with Crippen LogP contribution >= 0.6 is 0 Å². The van der Waals surface area contributed by atoms with Crippen LogP contribution in [0, 0.1) is 17.8 Å². The van der Waals surface area contributed by atoms with Gasteiger partial charge in [0.05, 0.1) is 5.92 Å². The van der Waals surface area contributed by atoms with Gasteiger partial charge in [0.25, 0.3) is 0 Å². The summed E-state index contributed by atoms with van der Waals surface area (Å²) >= 11 is 0. The molecular formula is C10H22N2O2. The number of amides is 1. The molecule has 0 rings (SSSR count). The van der Waals surface area contributed by atoms with Crippen molar-refractivity contribution in [3.8, 4) is 0 Å². The van der Waals surface area contributed by atoms with Crippen molar-refractivity contribution in [3.63, 3.8) is 0 Å². The highest BCUT2D eigenvalue weighted by Crippen LogP contribution is 2.08. The number of hydrogen-bond donors (Lipinski definition) is 3. The maximum atomic E-state index is 11.6. The minimum absolute atomic E-state index is 0.0113. The molecule has 0 fully saturated rings. The van der Waals surface area contributed by atoms with Crippen LogP contribution in [0.2, 0.25) is 0 Å². The van der Waals surface area contributed by atoms with Crippen LogP contribution in [0.1, 0.15) is 20.8 Å². The predicted octanol–water partition coefficient (Wildman–Crippen LogP) is -0.0381. The van der Waals surface area contributed by atoms with Gasteiger partial charge in [-0.2, -0.15) is 0 Å². The monoisotopic (exact) mass is 202 g/mol. The number of carbonyl (C=O) groups is 1. The van der Waals surface area contributed by atoms with Crippen LogP contribution in [0.3, 0.4) is 0 Å². The molecule has 0 spiro atoms. The molecule has 2 unspecified atom stereocenters. The van der Waals surface area contributed by atoms with E-state index in [9.17, 15) is 4.79 Å². The average Bonchev–Trinajstić information content (AvgIpc) is 2.14. The molecule has 14 heavy (non-hydrogen) atoms. The fourth-order valence-electron chi connectivity index (χ4n) is 1.15. The summed E-state index contributed by atoms with van der Waals surface area (Å²) in [5.41, 5.74) is 5.50. The van der Waals surface area contributed by atoms with E-state index in [1.807, 2.05) is 20.8 Å². The molecule has 0 aliphatic heterocycles. The zero-order valence-electron chi connectivity index (χ0n) is 9.29. The summed E-state index contributed by atoms with van der Waals surface area (Å²) in [5, 5.41) is 11.6. The second-order valence-corrected chi connectivity index (χ2v) is 4.12. The largest absolute Gasteiger partial charge is 0.396 e. The summed E-state index contributed by atoms with van der Waals surface area (Å²) in [4.78, 5) is 11.6. The lowest BCUT2D eigenvalue weighted by atomic mass is 9.95. The van der Waals surface area contributed by atoms with E-state index >= 15 is 0 Å². The Morgan fingerprint density at radius 2 is 2.00 bits per heavy atom. The summed E-state index contributed by atoms with van der Waals surface area (Å²) in [6.07, 6.45) is 0. The lowest BCUT2D eigenvalue weighted by Gasteiger charge is -2.19. The van der Waals surface area contributed by atoms with Gasteiger partial charge in [-0.05, 0) is 11.8 Å². The standard InChI is InChI=1S/C10H22N2O2/c1-7(2)9(4-11)10(14)12-5-8(3)6-13/h7-9,13H,4-6,11H2,1-3H3,(H,12,14). The Balaban J connectivity index is 3.93. The Morgan fingerprint density at radius 1 is 1.43 bits per heavy atom. The second-order valence-electron chi connectivity index (χ2n) is 4.12. The molecule has 0 aliphatic rings. The molecule has 0 radical (unpaired) electrons.